The average Bonchev–Trinajstić information content (AvgIpc) is 2.84. The SMILES string of the molecule is O=C(C1CCN(C[C@@H]2CC=CCC2)CC1)N(CCc1ccccc1)Cc1ccccc1. The van der Waals surface area contributed by atoms with Crippen LogP contribution in [0.2, 0.25) is 0 Å². The first-order valence-electron chi connectivity index (χ1n) is 12.0. The summed E-state index contributed by atoms with van der Waals surface area (Å²) in [5, 5.41) is 0. The van der Waals surface area contributed by atoms with Crippen molar-refractivity contribution in [2.75, 3.05) is 26.2 Å². The molecule has 1 aliphatic carbocycles. The molecule has 0 radical (unpaired) electrons. The zero-order chi connectivity index (χ0) is 21.3. The standard InChI is InChI=1S/C28H36N2O/c31-28(27-17-19-29(20-18-27)22-25-12-6-2-7-13-25)30(23-26-14-8-3-9-15-26)21-16-24-10-4-1-5-11-24/h1-6,8-11,14-15,25,27H,7,12-13,16-23H2/t25-/m1/s1. The molecule has 3 nitrogen and oxygen atoms in total. The van der Waals surface area contributed by atoms with E-state index in [-0.39, 0.29) is 5.92 Å². The maximum Gasteiger partial charge on any atom is 0.226 e. The molecule has 0 N–H and O–H groups in total. The lowest BCUT2D eigenvalue weighted by molar-refractivity contribution is -0.137. The molecule has 2 aliphatic rings. The minimum Gasteiger partial charge on any atom is -0.338 e. The number of amides is 1. The number of nitrogens with zero attached hydrogens (tertiary/aromatic N) is 2. The van der Waals surface area contributed by atoms with Crippen LogP contribution in [0.15, 0.2) is 72.8 Å². The number of carbonyl (C=O) groups is 1. The zero-order valence-electron chi connectivity index (χ0n) is 18.7. The van der Waals surface area contributed by atoms with Gasteiger partial charge in [-0.1, -0.05) is 72.8 Å². The van der Waals surface area contributed by atoms with Gasteiger partial charge < -0.3 is 9.80 Å². The molecule has 4 rings (SSSR count). The molecule has 0 bridgehead atoms. The van der Waals surface area contributed by atoms with Gasteiger partial charge in [-0.25, -0.2) is 0 Å². The number of hydrogen-bond donors (Lipinski definition) is 0. The topological polar surface area (TPSA) is 23.6 Å². The van der Waals surface area contributed by atoms with Crippen LogP contribution in [0, 0.1) is 11.8 Å². The molecule has 0 aromatic heterocycles. The van der Waals surface area contributed by atoms with E-state index >= 15 is 0 Å². The van der Waals surface area contributed by atoms with E-state index in [0.717, 1.165) is 44.8 Å². The number of benzene rings is 2. The highest BCUT2D eigenvalue weighted by molar-refractivity contribution is 5.79. The number of rotatable bonds is 8. The van der Waals surface area contributed by atoms with E-state index < -0.39 is 0 Å². The van der Waals surface area contributed by atoms with Gasteiger partial charge in [0.2, 0.25) is 5.91 Å². The number of hydrogen-bond acceptors (Lipinski definition) is 2. The molecule has 1 aliphatic heterocycles. The summed E-state index contributed by atoms with van der Waals surface area (Å²) in [7, 11) is 0. The predicted octanol–water partition coefficient (Wildman–Crippen LogP) is 5.33. The fourth-order valence-electron chi connectivity index (χ4n) is 4.99. The molecule has 1 fully saturated rings. The van der Waals surface area contributed by atoms with E-state index in [1.807, 2.05) is 12.1 Å². The zero-order valence-corrected chi connectivity index (χ0v) is 18.7. The first-order valence-corrected chi connectivity index (χ1v) is 12.0. The minimum atomic E-state index is 0.169. The molecular formula is C28H36N2O. The van der Waals surface area contributed by atoms with Gasteiger partial charge in [-0.05, 0) is 68.7 Å². The summed E-state index contributed by atoms with van der Waals surface area (Å²) in [6, 6.07) is 20.9. The van der Waals surface area contributed by atoms with Crippen molar-refractivity contribution in [3.63, 3.8) is 0 Å². The Morgan fingerprint density at radius 3 is 2.19 bits per heavy atom. The monoisotopic (exact) mass is 416 g/mol. The fraction of sp³-hybridized carbons (Fsp3) is 0.464. The van der Waals surface area contributed by atoms with Crippen LogP contribution in [0.1, 0.15) is 43.2 Å². The van der Waals surface area contributed by atoms with Gasteiger partial charge in [0.1, 0.15) is 0 Å². The largest absolute Gasteiger partial charge is 0.338 e. The lowest BCUT2D eigenvalue weighted by atomic mass is 9.91. The van der Waals surface area contributed by atoms with Gasteiger partial charge in [0.25, 0.3) is 0 Å². The Morgan fingerprint density at radius 1 is 0.871 bits per heavy atom. The molecule has 0 saturated carbocycles. The van der Waals surface area contributed by atoms with E-state index in [1.54, 1.807) is 0 Å². The molecule has 1 heterocycles. The van der Waals surface area contributed by atoms with Crippen LogP contribution in [-0.4, -0.2) is 41.9 Å². The van der Waals surface area contributed by atoms with Crippen LogP contribution in [0.25, 0.3) is 0 Å². The quantitative estimate of drug-likeness (QED) is 0.543. The van der Waals surface area contributed by atoms with Crippen LogP contribution in [-0.2, 0) is 17.8 Å². The summed E-state index contributed by atoms with van der Waals surface area (Å²) in [5.41, 5.74) is 2.51. The van der Waals surface area contributed by atoms with E-state index in [0.29, 0.717) is 12.5 Å². The summed E-state index contributed by atoms with van der Waals surface area (Å²) in [4.78, 5) is 18.2. The molecule has 164 valence electrons. The third-order valence-corrected chi connectivity index (χ3v) is 6.87. The molecule has 0 spiro atoms. The predicted molar refractivity (Wildman–Crippen MR) is 128 cm³/mol. The van der Waals surface area contributed by atoms with Crippen molar-refractivity contribution in [2.45, 2.75) is 45.1 Å². The second-order valence-electron chi connectivity index (χ2n) is 9.21. The number of piperidine rings is 1. The fourth-order valence-corrected chi connectivity index (χ4v) is 4.99. The highest BCUT2D eigenvalue weighted by atomic mass is 16.2. The Morgan fingerprint density at radius 2 is 1.55 bits per heavy atom. The summed E-state index contributed by atoms with van der Waals surface area (Å²) < 4.78 is 0. The summed E-state index contributed by atoms with van der Waals surface area (Å²) in [5.74, 6) is 1.32. The molecule has 31 heavy (non-hydrogen) atoms. The van der Waals surface area contributed by atoms with Crippen molar-refractivity contribution in [1.82, 2.24) is 9.80 Å². The first kappa shape index (κ1) is 21.8. The summed E-state index contributed by atoms with van der Waals surface area (Å²) in [6.45, 7) is 4.82. The van der Waals surface area contributed by atoms with Crippen molar-refractivity contribution >= 4 is 5.91 Å². The molecule has 1 saturated heterocycles. The second-order valence-corrected chi connectivity index (χ2v) is 9.21. The Labute approximate surface area is 187 Å². The Hall–Kier alpha value is -2.39. The molecule has 1 amide bonds. The maximum atomic E-state index is 13.5. The molecular weight excluding hydrogens is 380 g/mol. The first-order chi connectivity index (χ1) is 15.3. The van der Waals surface area contributed by atoms with Gasteiger partial charge in [-0.15, -0.1) is 0 Å². The van der Waals surface area contributed by atoms with Crippen LogP contribution in [0.4, 0.5) is 0 Å². The van der Waals surface area contributed by atoms with Crippen molar-refractivity contribution in [1.29, 1.82) is 0 Å². The normalized spacial score (nSPS) is 19.9. The van der Waals surface area contributed by atoms with Gasteiger partial charge in [-0.2, -0.15) is 0 Å². The number of allylic oxidation sites excluding steroid dienone is 2. The lowest BCUT2D eigenvalue weighted by Crippen LogP contribution is -2.44. The van der Waals surface area contributed by atoms with Gasteiger partial charge in [0, 0.05) is 25.6 Å². The van der Waals surface area contributed by atoms with Crippen molar-refractivity contribution in [3.05, 3.63) is 83.9 Å². The van der Waals surface area contributed by atoms with Gasteiger partial charge >= 0.3 is 0 Å². The molecule has 1 atom stereocenters. The van der Waals surface area contributed by atoms with Gasteiger partial charge in [0.15, 0.2) is 0 Å². The van der Waals surface area contributed by atoms with Crippen molar-refractivity contribution in [2.24, 2.45) is 11.8 Å². The second kappa shape index (κ2) is 11.3. The Bertz CT molecular complexity index is 825. The van der Waals surface area contributed by atoms with Crippen LogP contribution < -0.4 is 0 Å². The molecule has 0 unspecified atom stereocenters. The lowest BCUT2D eigenvalue weighted by Gasteiger charge is -2.36. The highest BCUT2D eigenvalue weighted by Crippen LogP contribution is 2.25. The summed E-state index contributed by atoms with van der Waals surface area (Å²) in [6.07, 6.45) is 11.3. The summed E-state index contributed by atoms with van der Waals surface area (Å²) >= 11 is 0. The van der Waals surface area contributed by atoms with E-state index in [4.69, 9.17) is 0 Å². The van der Waals surface area contributed by atoms with Crippen LogP contribution >= 0.6 is 0 Å². The highest BCUT2D eigenvalue weighted by Gasteiger charge is 2.29. The molecule has 2 aromatic carbocycles. The van der Waals surface area contributed by atoms with E-state index in [9.17, 15) is 4.79 Å². The average molecular weight is 417 g/mol. The third kappa shape index (κ3) is 6.54. The number of carbonyl (C=O) groups excluding carboxylic acids is 1. The van der Waals surface area contributed by atoms with Crippen LogP contribution in [0.3, 0.4) is 0 Å². The van der Waals surface area contributed by atoms with Crippen molar-refractivity contribution < 1.29 is 4.79 Å². The van der Waals surface area contributed by atoms with E-state index in [2.05, 4.69) is 70.5 Å². The third-order valence-electron chi connectivity index (χ3n) is 6.87. The van der Waals surface area contributed by atoms with Gasteiger partial charge in [-0.3, -0.25) is 4.79 Å². The Kier molecular flexibility index (Phi) is 7.95. The minimum absolute atomic E-state index is 0.169. The smallest absolute Gasteiger partial charge is 0.226 e. The maximum absolute atomic E-state index is 13.5. The Balaban J connectivity index is 1.34. The number of likely N-dealkylation sites (tertiary alicyclic amines) is 1. The van der Waals surface area contributed by atoms with Crippen LogP contribution in [0.5, 0.6) is 0 Å². The van der Waals surface area contributed by atoms with E-state index in [1.165, 1.54) is 36.9 Å². The molecule has 2 aromatic rings. The van der Waals surface area contributed by atoms with Gasteiger partial charge in [0.05, 0.1) is 0 Å². The molecule has 3 heteroatoms. The van der Waals surface area contributed by atoms with Crippen molar-refractivity contribution in [3.8, 4) is 0 Å².